The van der Waals surface area contributed by atoms with Crippen LogP contribution in [0.25, 0.3) is 16.7 Å². The van der Waals surface area contributed by atoms with E-state index < -0.39 is 5.97 Å². The van der Waals surface area contributed by atoms with Crippen LogP contribution in [0.5, 0.6) is 0 Å². The van der Waals surface area contributed by atoms with Crippen LogP contribution in [0.15, 0.2) is 30.3 Å². The number of esters is 1. The van der Waals surface area contributed by atoms with E-state index in [0.29, 0.717) is 10.7 Å². The van der Waals surface area contributed by atoms with Crippen LogP contribution >= 0.6 is 11.6 Å². The van der Waals surface area contributed by atoms with Crippen molar-refractivity contribution in [1.29, 1.82) is 0 Å². The molecule has 0 spiro atoms. The van der Waals surface area contributed by atoms with Crippen molar-refractivity contribution in [1.82, 2.24) is 14.8 Å². The van der Waals surface area contributed by atoms with Crippen molar-refractivity contribution < 1.29 is 9.53 Å². The van der Waals surface area contributed by atoms with Gasteiger partial charge in [0.15, 0.2) is 11.3 Å². The molecule has 0 saturated carbocycles. The van der Waals surface area contributed by atoms with Crippen molar-refractivity contribution >= 4 is 28.6 Å². The minimum absolute atomic E-state index is 0.168. The van der Waals surface area contributed by atoms with Crippen LogP contribution in [0.2, 0.25) is 5.02 Å². The lowest BCUT2D eigenvalue weighted by Gasteiger charge is -2.06. The Hall–Kier alpha value is -2.40. The van der Waals surface area contributed by atoms with Gasteiger partial charge < -0.3 is 4.74 Å². The van der Waals surface area contributed by atoms with Gasteiger partial charge in [-0.1, -0.05) is 37.6 Å². The van der Waals surface area contributed by atoms with Gasteiger partial charge >= 0.3 is 5.97 Å². The topological polar surface area (TPSA) is 57.0 Å². The molecule has 0 atom stereocenters. The first kappa shape index (κ1) is 17.4. The molecule has 130 valence electrons. The average Bonchev–Trinajstić information content (AvgIpc) is 2.95. The van der Waals surface area contributed by atoms with E-state index in [9.17, 15) is 4.79 Å². The second-order valence-corrected chi connectivity index (χ2v) is 6.61. The molecule has 3 rings (SSSR count). The Labute approximate surface area is 151 Å². The van der Waals surface area contributed by atoms with Crippen LogP contribution in [0.4, 0.5) is 0 Å². The maximum atomic E-state index is 12.1. The largest absolute Gasteiger partial charge is 0.461 e. The molecule has 3 aromatic rings. The summed E-state index contributed by atoms with van der Waals surface area (Å²) in [6.07, 6.45) is 0. The number of aromatic nitrogens is 3. The van der Waals surface area contributed by atoms with Gasteiger partial charge in [-0.3, -0.25) is 0 Å². The molecule has 5 nitrogen and oxygen atoms in total. The van der Waals surface area contributed by atoms with E-state index in [0.717, 1.165) is 22.3 Å². The van der Waals surface area contributed by atoms with E-state index in [4.69, 9.17) is 21.4 Å². The number of carbonyl (C=O) groups is 1. The van der Waals surface area contributed by atoms with Crippen molar-refractivity contribution in [2.24, 2.45) is 0 Å². The van der Waals surface area contributed by atoms with Crippen LogP contribution in [-0.4, -0.2) is 27.3 Å². The molecule has 2 heterocycles. The number of nitrogens with zero attached hydrogens (tertiary/aromatic N) is 3. The number of carbonyl (C=O) groups excluding carboxylic acids is 1. The number of aryl methyl sites for hydroxylation is 1. The molecule has 0 amide bonds. The highest BCUT2D eigenvalue weighted by atomic mass is 35.5. The molecule has 1 aromatic carbocycles. The van der Waals surface area contributed by atoms with Crippen LogP contribution in [0.3, 0.4) is 0 Å². The summed E-state index contributed by atoms with van der Waals surface area (Å²) in [5.41, 5.74) is 3.58. The number of ether oxygens (including phenoxy) is 1. The van der Waals surface area contributed by atoms with Crippen LogP contribution < -0.4 is 0 Å². The SMILES string of the molecule is CCOC(=O)c1cc(Cl)c2c(C(C)C)nn(-c3cccc(C)c3)c2n1. The summed E-state index contributed by atoms with van der Waals surface area (Å²) in [4.78, 5) is 16.6. The quantitative estimate of drug-likeness (QED) is 0.636. The van der Waals surface area contributed by atoms with E-state index in [1.165, 1.54) is 0 Å². The second kappa shape index (κ2) is 6.84. The Balaban J connectivity index is 2.30. The summed E-state index contributed by atoms with van der Waals surface area (Å²) >= 11 is 6.49. The fourth-order valence-electron chi connectivity index (χ4n) is 2.75. The second-order valence-electron chi connectivity index (χ2n) is 6.20. The molecule has 0 aliphatic heterocycles. The lowest BCUT2D eigenvalue weighted by atomic mass is 10.1. The first-order valence-corrected chi connectivity index (χ1v) is 8.63. The zero-order valence-electron chi connectivity index (χ0n) is 14.7. The minimum atomic E-state index is -0.491. The van der Waals surface area contributed by atoms with Gasteiger partial charge in [0, 0.05) is 0 Å². The molecule has 6 heteroatoms. The van der Waals surface area contributed by atoms with Gasteiger partial charge in [-0.2, -0.15) is 5.10 Å². The number of halogens is 1. The van der Waals surface area contributed by atoms with Crippen molar-refractivity contribution in [2.45, 2.75) is 33.6 Å². The van der Waals surface area contributed by atoms with E-state index in [2.05, 4.69) is 18.8 Å². The summed E-state index contributed by atoms with van der Waals surface area (Å²) in [5.74, 6) is -0.323. The highest BCUT2D eigenvalue weighted by Gasteiger charge is 2.21. The minimum Gasteiger partial charge on any atom is -0.461 e. The number of hydrogen-bond donors (Lipinski definition) is 0. The fraction of sp³-hybridized carbons (Fsp3) is 0.316. The number of pyridine rings is 1. The monoisotopic (exact) mass is 357 g/mol. The maximum Gasteiger partial charge on any atom is 0.357 e. The van der Waals surface area contributed by atoms with Gasteiger partial charge in [-0.15, -0.1) is 0 Å². The smallest absolute Gasteiger partial charge is 0.357 e. The fourth-order valence-corrected chi connectivity index (χ4v) is 3.03. The average molecular weight is 358 g/mol. The van der Waals surface area contributed by atoms with Gasteiger partial charge in [0.1, 0.15) is 0 Å². The molecule has 0 aliphatic carbocycles. The van der Waals surface area contributed by atoms with Crippen molar-refractivity contribution in [3.05, 3.63) is 52.3 Å². The third-order valence-corrected chi connectivity index (χ3v) is 4.19. The van der Waals surface area contributed by atoms with Crippen molar-refractivity contribution in [3.8, 4) is 5.69 Å². The maximum absolute atomic E-state index is 12.1. The van der Waals surface area contributed by atoms with Gasteiger partial charge in [0.2, 0.25) is 0 Å². The molecule has 0 aliphatic rings. The predicted molar refractivity (Wildman–Crippen MR) is 98.7 cm³/mol. The molecule has 0 unspecified atom stereocenters. The molecule has 0 N–H and O–H groups in total. The highest BCUT2D eigenvalue weighted by molar-refractivity contribution is 6.35. The van der Waals surface area contributed by atoms with Crippen LogP contribution in [0, 0.1) is 6.92 Å². The summed E-state index contributed by atoms with van der Waals surface area (Å²) in [7, 11) is 0. The predicted octanol–water partition coefficient (Wildman–Crippen LogP) is 4.68. The molecule has 0 radical (unpaired) electrons. The standard InChI is InChI=1S/C19H20ClN3O2/c1-5-25-19(24)15-10-14(20)16-17(11(2)3)22-23(18(16)21-15)13-8-6-7-12(4)9-13/h6-11H,5H2,1-4H3. The zero-order chi connectivity index (χ0) is 18.1. The third kappa shape index (κ3) is 3.24. The van der Waals surface area contributed by atoms with Gasteiger partial charge in [0.05, 0.1) is 28.4 Å². The molecule has 0 bridgehead atoms. The molecule has 0 fully saturated rings. The molecular formula is C19H20ClN3O2. The summed E-state index contributed by atoms with van der Waals surface area (Å²) in [5, 5.41) is 5.95. The Morgan fingerprint density at radius 1 is 1.32 bits per heavy atom. The van der Waals surface area contributed by atoms with E-state index in [1.807, 2.05) is 31.2 Å². The lowest BCUT2D eigenvalue weighted by molar-refractivity contribution is 0.0520. The number of fused-ring (bicyclic) bond motifs is 1. The normalized spacial score (nSPS) is 11.3. The molecule has 0 saturated heterocycles. The first-order chi connectivity index (χ1) is 11.9. The molecule has 2 aromatic heterocycles. The van der Waals surface area contributed by atoms with Gasteiger partial charge in [-0.25, -0.2) is 14.5 Å². The zero-order valence-corrected chi connectivity index (χ0v) is 15.5. The van der Waals surface area contributed by atoms with E-state index in [1.54, 1.807) is 17.7 Å². The van der Waals surface area contributed by atoms with Crippen molar-refractivity contribution in [3.63, 3.8) is 0 Å². The highest BCUT2D eigenvalue weighted by Crippen LogP contribution is 2.32. The van der Waals surface area contributed by atoms with Crippen LogP contribution in [0.1, 0.15) is 48.4 Å². The van der Waals surface area contributed by atoms with E-state index >= 15 is 0 Å². The third-order valence-electron chi connectivity index (χ3n) is 3.89. The number of hydrogen-bond acceptors (Lipinski definition) is 4. The van der Waals surface area contributed by atoms with Gasteiger partial charge in [0.25, 0.3) is 0 Å². The van der Waals surface area contributed by atoms with E-state index in [-0.39, 0.29) is 18.2 Å². The Kier molecular flexibility index (Phi) is 4.77. The Bertz CT molecular complexity index is 947. The van der Waals surface area contributed by atoms with Gasteiger partial charge in [-0.05, 0) is 43.5 Å². The molecular weight excluding hydrogens is 338 g/mol. The first-order valence-electron chi connectivity index (χ1n) is 8.25. The lowest BCUT2D eigenvalue weighted by Crippen LogP contribution is -2.08. The summed E-state index contributed by atoms with van der Waals surface area (Å²) in [6, 6.07) is 9.50. The Morgan fingerprint density at radius 2 is 2.08 bits per heavy atom. The summed E-state index contributed by atoms with van der Waals surface area (Å²) in [6.45, 7) is 8.16. The number of benzene rings is 1. The molecule has 25 heavy (non-hydrogen) atoms. The summed E-state index contributed by atoms with van der Waals surface area (Å²) < 4.78 is 6.80. The Morgan fingerprint density at radius 3 is 2.72 bits per heavy atom. The van der Waals surface area contributed by atoms with Crippen LogP contribution in [-0.2, 0) is 4.74 Å². The number of rotatable bonds is 4. The van der Waals surface area contributed by atoms with Crippen molar-refractivity contribution in [2.75, 3.05) is 6.61 Å².